The molecule has 26 heavy (non-hydrogen) atoms. The van der Waals surface area contributed by atoms with E-state index in [0.717, 1.165) is 21.8 Å². The maximum atomic E-state index is 13.1. The number of fused-ring (bicyclic) bond motifs is 1. The SMILES string of the molecule is Cc1ccc(N2C(=O)NC3CCN(S(=O)(=O)c4cccs4)C3C2=O)cc1. The Morgan fingerprint density at radius 1 is 1.15 bits per heavy atom. The molecular formula is C17H17N3O4S2. The molecule has 9 heteroatoms. The van der Waals surface area contributed by atoms with Crippen molar-refractivity contribution in [1.29, 1.82) is 0 Å². The predicted molar refractivity (Wildman–Crippen MR) is 97.6 cm³/mol. The van der Waals surface area contributed by atoms with Gasteiger partial charge in [-0.3, -0.25) is 4.79 Å². The highest BCUT2D eigenvalue weighted by molar-refractivity contribution is 7.91. The van der Waals surface area contributed by atoms with Gasteiger partial charge in [-0.2, -0.15) is 4.31 Å². The number of imide groups is 1. The van der Waals surface area contributed by atoms with Gasteiger partial charge in [-0.15, -0.1) is 11.3 Å². The fourth-order valence-corrected chi connectivity index (χ4v) is 6.15. The molecule has 2 aromatic rings. The number of hydrogen-bond donors (Lipinski definition) is 1. The number of nitrogens with one attached hydrogen (secondary N) is 1. The molecule has 2 unspecified atom stereocenters. The van der Waals surface area contributed by atoms with Crippen molar-refractivity contribution in [2.75, 3.05) is 11.4 Å². The van der Waals surface area contributed by atoms with Crippen LogP contribution in [0.5, 0.6) is 0 Å². The lowest BCUT2D eigenvalue weighted by molar-refractivity contribution is -0.122. The van der Waals surface area contributed by atoms with Gasteiger partial charge in [0.25, 0.3) is 15.9 Å². The number of amides is 3. The molecule has 0 radical (unpaired) electrons. The molecule has 3 amide bonds. The highest BCUT2D eigenvalue weighted by atomic mass is 32.2. The van der Waals surface area contributed by atoms with Gasteiger partial charge in [-0.05, 0) is 36.9 Å². The summed E-state index contributed by atoms with van der Waals surface area (Å²) in [6.07, 6.45) is 0.411. The normalized spacial score (nSPS) is 23.8. The summed E-state index contributed by atoms with van der Waals surface area (Å²) in [6, 6.07) is 8.20. The highest BCUT2D eigenvalue weighted by Gasteiger charge is 2.52. The molecule has 3 heterocycles. The van der Waals surface area contributed by atoms with E-state index in [1.54, 1.807) is 35.7 Å². The van der Waals surface area contributed by atoms with Crippen LogP contribution in [0, 0.1) is 6.92 Å². The number of anilines is 1. The van der Waals surface area contributed by atoms with Crippen LogP contribution in [0.25, 0.3) is 0 Å². The summed E-state index contributed by atoms with van der Waals surface area (Å²) in [5.41, 5.74) is 1.43. The van der Waals surface area contributed by atoms with Gasteiger partial charge in [-0.1, -0.05) is 23.8 Å². The number of nitrogens with zero attached hydrogens (tertiary/aromatic N) is 2. The molecule has 2 aliphatic heterocycles. The molecule has 2 saturated heterocycles. The molecule has 1 aromatic carbocycles. The Kier molecular flexibility index (Phi) is 4.09. The second kappa shape index (κ2) is 6.19. The van der Waals surface area contributed by atoms with Crippen LogP contribution in [0.3, 0.4) is 0 Å². The average molecular weight is 391 g/mol. The third-order valence-corrected chi connectivity index (χ3v) is 7.94. The summed E-state index contributed by atoms with van der Waals surface area (Å²) in [5, 5.41) is 4.47. The number of carbonyl (C=O) groups is 2. The van der Waals surface area contributed by atoms with E-state index in [0.29, 0.717) is 12.1 Å². The summed E-state index contributed by atoms with van der Waals surface area (Å²) in [4.78, 5) is 26.6. The Morgan fingerprint density at radius 3 is 2.54 bits per heavy atom. The predicted octanol–water partition coefficient (Wildman–Crippen LogP) is 1.94. The molecule has 2 aliphatic rings. The Bertz CT molecular complexity index is 954. The van der Waals surface area contributed by atoms with Gasteiger partial charge < -0.3 is 5.32 Å². The number of thiophene rings is 1. The van der Waals surface area contributed by atoms with Crippen molar-refractivity contribution in [1.82, 2.24) is 9.62 Å². The molecule has 2 atom stereocenters. The van der Waals surface area contributed by atoms with E-state index in [-0.39, 0.29) is 10.8 Å². The standard InChI is InChI=1S/C17H17N3O4S2/c1-11-4-6-12(7-5-11)20-16(21)15-13(18-17(20)22)8-9-19(15)26(23,24)14-3-2-10-25-14/h2-7,10,13,15H,8-9H2,1H3,(H,18,22). The van der Waals surface area contributed by atoms with Crippen LogP contribution in [0.2, 0.25) is 0 Å². The minimum atomic E-state index is -3.78. The smallest absolute Gasteiger partial charge is 0.329 e. The molecule has 0 aliphatic carbocycles. The second-order valence-electron chi connectivity index (χ2n) is 6.35. The van der Waals surface area contributed by atoms with Crippen molar-refractivity contribution < 1.29 is 18.0 Å². The molecule has 0 spiro atoms. The molecule has 4 rings (SSSR count). The molecule has 1 N–H and O–H groups in total. The fraction of sp³-hybridized carbons (Fsp3) is 0.294. The first-order valence-electron chi connectivity index (χ1n) is 8.16. The summed E-state index contributed by atoms with van der Waals surface area (Å²) in [6.45, 7) is 2.10. The third kappa shape index (κ3) is 2.63. The minimum absolute atomic E-state index is 0.198. The quantitative estimate of drug-likeness (QED) is 0.866. The van der Waals surface area contributed by atoms with E-state index in [9.17, 15) is 18.0 Å². The van der Waals surface area contributed by atoms with Crippen LogP contribution in [0.15, 0.2) is 46.0 Å². The van der Waals surface area contributed by atoms with Crippen LogP contribution < -0.4 is 10.2 Å². The topological polar surface area (TPSA) is 86.8 Å². The van der Waals surface area contributed by atoms with Crippen molar-refractivity contribution in [3.05, 3.63) is 47.3 Å². The number of aryl methyl sites for hydroxylation is 1. The van der Waals surface area contributed by atoms with Crippen molar-refractivity contribution in [2.45, 2.75) is 29.6 Å². The van der Waals surface area contributed by atoms with E-state index in [1.807, 2.05) is 6.92 Å². The first-order chi connectivity index (χ1) is 12.4. The van der Waals surface area contributed by atoms with Gasteiger partial charge in [-0.25, -0.2) is 18.1 Å². The Balaban J connectivity index is 1.71. The number of rotatable bonds is 3. The van der Waals surface area contributed by atoms with E-state index in [1.165, 1.54) is 10.4 Å². The van der Waals surface area contributed by atoms with E-state index in [4.69, 9.17) is 0 Å². The number of benzene rings is 1. The second-order valence-corrected chi connectivity index (χ2v) is 9.41. The van der Waals surface area contributed by atoms with Crippen molar-refractivity contribution in [2.24, 2.45) is 0 Å². The lowest BCUT2D eigenvalue weighted by Gasteiger charge is -2.36. The van der Waals surface area contributed by atoms with Crippen LogP contribution >= 0.6 is 11.3 Å². The average Bonchev–Trinajstić information content (AvgIpc) is 3.26. The molecule has 2 fully saturated rings. The van der Waals surface area contributed by atoms with E-state index < -0.39 is 34.0 Å². The largest absolute Gasteiger partial charge is 0.332 e. The zero-order valence-corrected chi connectivity index (χ0v) is 15.6. The van der Waals surface area contributed by atoms with E-state index in [2.05, 4.69) is 5.32 Å². The number of sulfonamides is 1. The van der Waals surface area contributed by atoms with Gasteiger partial charge in [0.05, 0.1) is 11.7 Å². The number of hydrogen-bond acceptors (Lipinski definition) is 5. The highest BCUT2D eigenvalue weighted by Crippen LogP contribution is 2.33. The molecule has 1 aromatic heterocycles. The summed E-state index contributed by atoms with van der Waals surface area (Å²) in [5.74, 6) is -0.514. The van der Waals surface area contributed by atoms with Crippen LogP contribution in [-0.4, -0.2) is 43.3 Å². The molecule has 0 saturated carbocycles. The van der Waals surface area contributed by atoms with Crippen molar-refractivity contribution in [3.63, 3.8) is 0 Å². The zero-order valence-electron chi connectivity index (χ0n) is 14.0. The number of urea groups is 1. The molecular weight excluding hydrogens is 374 g/mol. The molecule has 7 nitrogen and oxygen atoms in total. The summed E-state index contributed by atoms with van der Waals surface area (Å²) < 4.78 is 27.3. The maximum absolute atomic E-state index is 13.1. The molecule has 0 bridgehead atoms. The van der Waals surface area contributed by atoms with Gasteiger partial charge in [0, 0.05) is 6.54 Å². The number of carbonyl (C=O) groups excluding carboxylic acids is 2. The third-order valence-electron chi connectivity index (χ3n) is 4.69. The van der Waals surface area contributed by atoms with Crippen LogP contribution in [-0.2, 0) is 14.8 Å². The van der Waals surface area contributed by atoms with Crippen LogP contribution in [0.1, 0.15) is 12.0 Å². The van der Waals surface area contributed by atoms with Gasteiger partial charge >= 0.3 is 6.03 Å². The van der Waals surface area contributed by atoms with Crippen LogP contribution in [0.4, 0.5) is 10.5 Å². The lowest BCUT2D eigenvalue weighted by Crippen LogP contribution is -2.64. The maximum Gasteiger partial charge on any atom is 0.329 e. The first-order valence-corrected chi connectivity index (χ1v) is 10.5. The summed E-state index contributed by atoms with van der Waals surface area (Å²) >= 11 is 1.11. The van der Waals surface area contributed by atoms with Gasteiger partial charge in [0.15, 0.2) is 0 Å². The first kappa shape index (κ1) is 17.2. The molecule has 136 valence electrons. The fourth-order valence-electron chi connectivity index (χ4n) is 3.40. The van der Waals surface area contributed by atoms with Crippen molar-refractivity contribution >= 4 is 39.0 Å². The Morgan fingerprint density at radius 2 is 1.88 bits per heavy atom. The van der Waals surface area contributed by atoms with Gasteiger partial charge in [0.1, 0.15) is 10.3 Å². The van der Waals surface area contributed by atoms with Crippen molar-refractivity contribution in [3.8, 4) is 0 Å². The Labute approximate surface area is 155 Å². The summed E-state index contributed by atoms with van der Waals surface area (Å²) in [7, 11) is -3.78. The van der Waals surface area contributed by atoms with Gasteiger partial charge in [0.2, 0.25) is 0 Å². The lowest BCUT2D eigenvalue weighted by atomic mass is 10.1. The van der Waals surface area contributed by atoms with E-state index >= 15 is 0 Å². The monoisotopic (exact) mass is 391 g/mol. The Hall–Kier alpha value is -2.23. The minimum Gasteiger partial charge on any atom is -0.332 e. The zero-order chi connectivity index (χ0) is 18.5.